The van der Waals surface area contributed by atoms with Gasteiger partial charge in [-0.2, -0.15) is 0 Å². The van der Waals surface area contributed by atoms with Crippen LogP contribution in [0.2, 0.25) is 0 Å². The number of hydrogen-bond acceptors (Lipinski definition) is 4. The second kappa shape index (κ2) is 7.60. The van der Waals surface area contributed by atoms with Crippen LogP contribution in [0.4, 0.5) is 0 Å². The summed E-state index contributed by atoms with van der Waals surface area (Å²) >= 11 is 3.30. The number of allylic oxidation sites excluding steroid dienone is 2. The van der Waals surface area contributed by atoms with E-state index in [4.69, 9.17) is 0 Å². The van der Waals surface area contributed by atoms with E-state index in [0.717, 1.165) is 26.5 Å². The molecule has 26 heavy (non-hydrogen) atoms. The van der Waals surface area contributed by atoms with Crippen molar-refractivity contribution in [3.05, 3.63) is 88.6 Å². The lowest BCUT2D eigenvalue weighted by molar-refractivity contribution is -0.110. The van der Waals surface area contributed by atoms with Gasteiger partial charge in [0.25, 0.3) is 0 Å². The summed E-state index contributed by atoms with van der Waals surface area (Å²) in [5.41, 5.74) is 3.11. The van der Waals surface area contributed by atoms with E-state index in [2.05, 4.69) is 11.1 Å². The monoisotopic (exact) mass is 373 g/mol. The Morgan fingerprint density at radius 2 is 1.69 bits per heavy atom. The van der Waals surface area contributed by atoms with Crippen LogP contribution in [0.1, 0.15) is 10.4 Å². The van der Waals surface area contributed by atoms with Gasteiger partial charge in [-0.15, -0.1) is 22.7 Å². The Hall–Kier alpha value is -2.82. The lowest BCUT2D eigenvalue weighted by Crippen LogP contribution is -1.84. The predicted molar refractivity (Wildman–Crippen MR) is 112 cm³/mol. The smallest absolute Gasteiger partial charge is 0.178 e. The van der Waals surface area contributed by atoms with Crippen molar-refractivity contribution in [2.45, 2.75) is 0 Å². The van der Waals surface area contributed by atoms with Crippen LogP contribution in [-0.4, -0.2) is 10.8 Å². The molecule has 2 aromatic carbocycles. The molecule has 4 heteroatoms. The minimum atomic E-state index is -0.0198. The number of nitrogens with zero attached hydrogens (tertiary/aromatic N) is 1. The first kappa shape index (κ1) is 16.6. The van der Waals surface area contributed by atoms with Gasteiger partial charge < -0.3 is 0 Å². The summed E-state index contributed by atoms with van der Waals surface area (Å²) in [6.07, 6.45) is 6.87. The summed E-state index contributed by atoms with van der Waals surface area (Å²) in [7, 11) is 0. The molecular weight excluding hydrogens is 358 g/mol. The van der Waals surface area contributed by atoms with Crippen molar-refractivity contribution in [3.8, 4) is 10.6 Å². The van der Waals surface area contributed by atoms with Gasteiger partial charge in [0.1, 0.15) is 5.01 Å². The molecule has 2 nitrogen and oxygen atoms in total. The molecule has 0 spiro atoms. The maximum atomic E-state index is 11.9. The van der Waals surface area contributed by atoms with Crippen LogP contribution in [0.3, 0.4) is 0 Å². The molecule has 0 bridgehead atoms. The molecule has 4 rings (SSSR count). The third-order valence-electron chi connectivity index (χ3n) is 3.85. The van der Waals surface area contributed by atoms with E-state index in [9.17, 15) is 4.79 Å². The Kier molecular flexibility index (Phi) is 4.86. The van der Waals surface area contributed by atoms with Crippen LogP contribution in [-0.2, 0) is 4.79 Å². The molecule has 4 aromatic rings. The molecule has 126 valence electrons. The highest BCUT2D eigenvalue weighted by Crippen LogP contribution is 2.30. The molecule has 0 aliphatic carbocycles. The highest BCUT2D eigenvalue weighted by atomic mass is 32.1. The third-order valence-corrected chi connectivity index (χ3v) is 5.77. The van der Waals surface area contributed by atoms with Crippen LogP contribution in [0, 0.1) is 0 Å². The standard InChI is InChI=1S/C22H15NOS2/c24-18(13-14-19-4-3-15-25-19)12-9-16-7-10-17(11-8-16)22-23-20-5-1-2-6-21(20)26-22/h1-15H. The molecule has 0 fully saturated rings. The summed E-state index contributed by atoms with van der Waals surface area (Å²) < 4.78 is 1.19. The Labute approximate surface area is 159 Å². The summed E-state index contributed by atoms with van der Waals surface area (Å²) in [5.74, 6) is -0.0198. The van der Waals surface area contributed by atoms with E-state index in [1.54, 1.807) is 34.8 Å². The van der Waals surface area contributed by atoms with Gasteiger partial charge in [0.2, 0.25) is 0 Å². The molecule has 0 N–H and O–H groups in total. The Morgan fingerprint density at radius 3 is 2.46 bits per heavy atom. The van der Waals surface area contributed by atoms with Crippen molar-refractivity contribution in [1.82, 2.24) is 4.98 Å². The molecule has 2 heterocycles. The zero-order valence-corrected chi connectivity index (χ0v) is 15.5. The average molecular weight is 374 g/mol. The zero-order valence-electron chi connectivity index (χ0n) is 13.8. The number of carbonyl (C=O) groups is 1. The number of para-hydroxylation sites is 1. The van der Waals surface area contributed by atoms with Crippen molar-refractivity contribution in [1.29, 1.82) is 0 Å². The molecule has 0 aliphatic rings. The summed E-state index contributed by atoms with van der Waals surface area (Å²) in [4.78, 5) is 17.7. The topological polar surface area (TPSA) is 30.0 Å². The molecular formula is C22H15NOS2. The van der Waals surface area contributed by atoms with Crippen molar-refractivity contribution in [3.63, 3.8) is 0 Å². The zero-order chi connectivity index (χ0) is 17.8. The second-order valence-electron chi connectivity index (χ2n) is 5.69. The van der Waals surface area contributed by atoms with Gasteiger partial charge in [0.15, 0.2) is 5.78 Å². The SMILES string of the molecule is O=C(C=Cc1ccc(-c2nc3ccccc3s2)cc1)C=Cc1cccs1. The molecule has 0 aliphatic heterocycles. The van der Waals surface area contributed by atoms with Crippen LogP contribution in [0.25, 0.3) is 32.9 Å². The van der Waals surface area contributed by atoms with Crippen molar-refractivity contribution < 1.29 is 4.79 Å². The van der Waals surface area contributed by atoms with Gasteiger partial charge in [-0.3, -0.25) is 4.79 Å². The first-order valence-corrected chi connectivity index (χ1v) is 9.87. The fourth-order valence-corrected chi connectivity index (χ4v) is 4.11. The van der Waals surface area contributed by atoms with Crippen molar-refractivity contribution in [2.75, 3.05) is 0 Å². The largest absolute Gasteiger partial charge is 0.290 e. The number of ketones is 1. The normalized spacial score (nSPS) is 11.7. The van der Waals surface area contributed by atoms with Gasteiger partial charge in [-0.1, -0.05) is 48.5 Å². The van der Waals surface area contributed by atoms with Crippen molar-refractivity contribution in [2.24, 2.45) is 0 Å². The average Bonchev–Trinajstić information content (AvgIpc) is 3.34. The number of rotatable bonds is 5. The fraction of sp³-hybridized carbons (Fsp3) is 0. The Morgan fingerprint density at radius 1 is 0.885 bits per heavy atom. The van der Waals surface area contributed by atoms with Gasteiger partial charge >= 0.3 is 0 Å². The lowest BCUT2D eigenvalue weighted by atomic mass is 10.1. The van der Waals surface area contributed by atoms with E-state index >= 15 is 0 Å². The minimum absolute atomic E-state index is 0.0198. The number of hydrogen-bond donors (Lipinski definition) is 0. The molecule has 0 saturated heterocycles. The number of thiazole rings is 1. The maximum Gasteiger partial charge on any atom is 0.178 e. The summed E-state index contributed by atoms with van der Waals surface area (Å²) in [6, 6.07) is 20.2. The third kappa shape index (κ3) is 3.87. The quantitative estimate of drug-likeness (QED) is 0.383. The van der Waals surface area contributed by atoms with Gasteiger partial charge in [-0.05, 0) is 47.4 Å². The van der Waals surface area contributed by atoms with Crippen molar-refractivity contribution >= 4 is 50.8 Å². The van der Waals surface area contributed by atoms with Gasteiger partial charge in [-0.25, -0.2) is 4.98 Å². The van der Waals surface area contributed by atoms with E-state index in [-0.39, 0.29) is 5.78 Å². The number of benzene rings is 2. The van der Waals surface area contributed by atoms with Crippen LogP contribution >= 0.6 is 22.7 Å². The first-order chi connectivity index (χ1) is 12.8. The second-order valence-corrected chi connectivity index (χ2v) is 7.70. The fourth-order valence-electron chi connectivity index (χ4n) is 2.52. The summed E-state index contributed by atoms with van der Waals surface area (Å²) in [5, 5.41) is 3.00. The Bertz CT molecular complexity index is 1050. The highest BCUT2D eigenvalue weighted by molar-refractivity contribution is 7.21. The van der Waals surface area contributed by atoms with Crippen LogP contribution in [0.5, 0.6) is 0 Å². The first-order valence-electron chi connectivity index (χ1n) is 8.17. The highest BCUT2D eigenvalue weighted by Gasteiger charge is 2.05. The van der Waals surface area contributed by atoms with E-state index < -0.39 is 0 Å². The molecule has 2 aromatic heterocycles. The molecule has 0 atom stereocenters. The predicted octanol–water partition coefficient (Wildman–Crippen LogP) is 6.32. The number of fused-ring (bicyclic) bond motifs is 1. The van der Waals surface area contributed by atoms with Gasteiger partial charge in [0.05, 0.1) is 10.2 Å². The van der Waals surface area contributed by atoms with E-state index in [1.807, 2.05) is 72.1 Å². The minimum Gasteiger partial charge on any atom is -0.290 e. The lowest BCUT2D eigenvalue weighted by Gasteiger charge is -1.97. The number of aromatic nitrogens is 1. The maximum absolute atomic E-state index is 11.9. The number of carbonyl (C=O) groups excluding carboxylic acids is 1. The van der Waals surface area contributed by atoms with E-state index in [0.29, 0.717) is 0 Å². The molecule has 0 saturated carbocycles. The molecule has 0 unspecified atom stereocenters. The Balaban J connectivity index is 1.46. The van der Waals surface area contributed by atoms with E-state index in [1.165, 1.54) is 4.70 Å². The summed E-state index contributed by atoms with van der Waals surface area (Å²) in [6.45, 7) is 0. The van der Waals surface area contributed by atoms with Crippen LogP contribution in [0.15, 0.2) is 78.2 Å². The number of thiophene rings is 1. The molecule has 0 radical (unpaired) electrons. The molecule has 0 amide bonds. The van der Waals surface area contributed by atoms with Crippen LogP contribution < -0.4 is 0 Å². The van der Waals surface area contributed by atoms with Gasteiger partial charge in [0, 0.05) is 10.4 Å².